The molecule has 0 N–H and O–H groups in total. The van der Waals surface area contributed by atoms with Crippen LogP contribution in [0.5, 0.6) is 0 Å². The molecule has 0 spiro atoms. The summed E-state index contributed by atoms with van der Waals surface area (Å²) in [4.78, 5) is 23.3. The van der Waals surface area contributed by atoms with Gasteiger partial charge in [0.05, 0.1) is 11.2 Å². The highest BCUT2D eigenvalue weighted by molar-refractivity contribution is 6.31. The number of aromatic nitrogens is 3. The number of nitrogens with zero attached hydrogens (tertiary/aromatic N) is 4. The van der Waals surface area contributed by atoms with E-state index >= 15 is 0 Å². The minimum Gasteiger partial charge on any atom is -0.355 e. The SMILES string of the molecule is CN(Cc1ccncc1)c1nc(=O)n(-c2ccccc2)c2cc(Cl)ccc12. The molecule has 5 nitrogen and oxygen atoms in total. The molecule has 0 amide bonds. The van der Waals surface area contributed by atoms with Gasteiger partial charge in [-0.15, -0.1) is 0 Å². The van der Waals surface area contributed by atoms with Gasteiger partial charge >= 0.3 is 5.69 Å². The highest BCUT2D eigenvalue weighted by Gasteiger charge is 2.15. The second kappa shape index (κ2) is 7.21. The van der Waals surface area contributed by atoms with Crippen LogP contribution in [0.25, 0.3) is 16.6 Å². The second-order valence-corrected chi connectivity index (χ2v) is 6.70. The molecule has 0 bridgehead atoms. The summed E-state index contributed by atoms with van der Waals surface area (Å²) in [5.41, 5.74) is 2.23. The molecule has 2 heterocycles. The van der Waals surface area contributed by atoms with Gasteiger partial charge in [0.25, 0.3) is 0 Å². The Kier molecular flexibility index (Phi) is 4.60. The van der Waals surface area contributed by atoms with Crippen LogP contribution in [0.2, 0.25) is 5.02 Å². The molecule has 6 heteroatoms. The Hall–Kier alpha value is -3.18. The van der Waals surface area contributed by atoms with Crippen molar-refractivity contribution in [2.45, 2.75) is 6.54 Å². The van der Waals surface area contributed by atoms with Crippen molar-refractivity contribution in [3.05, 3.63) is 94.1 Å². The molecule has 0 radical (unpaired) electrons. The number of hydrogen-bond acceptors (Lipinski definition) is 4. The second-order valence-electron chi connectivity index (χ2n) is 6.26. The van der Waals surface area contributed by atoms with Gasteiger partial charge in [0.2, 0.25) is 0 Å². The summed E-state index contributed by atoms with van der Waals surface area (Å²) in [6.07, 6.45) is 3.50. The maximum atomic E-state index is 12.9. The molecule has 0 saturated heterocycles. The number of benzene rings is 2. The lowest BCUT2D eigenvalue weighted by Crippen LogP contribution is -2.27. The van der Waals surface area contributed by atoms with E-state index in [0.29, 0.717) is 17.4 Å². The Bertz CT molecular complexity index is 1140. The van der Waals surface area contributed by atoms with Crippen LogP contribution < -0.4 is 10.6 Å². The lowest BCUT2D eigenvalue weighted by Gasteiger charge is -2.21. The third-order valence-electron chi connectivity index (χ3n) is 4.38. The molecule has 0 aliphatic heterocycles. The van der Waals surface area contributed by atoms with Crippen LogP contribution in [-0.2, 0) is 6.54 Å². The molecule has 0 saturated carbocycles. The fraction of sp³-hybridized carbons (Fsp3) is 0.0952. The zero-order valence-electron chi connectivity index (χ0n) is 14.7. The molecule has 4 aromatic rings. The average Bonchev–Trinajstić information content (AvgIpc) is 2.68. The number of hydrogen-bond donors (Lipinski definition) is 0. The third-order valence-corrected chi connectivity index (χ3v) is 4.61. The molecular formula is C21H17ClN4O. The average molecular weight is 377 g/mol. The van der Waals surface area contributed by atoms with Crippen molar-refractivity contribution >= 4 is 28.3 Å². The van der Waals surface area contributed by atoms with Gasteiger partial charge in [-0.1, -0.05) is 29.8 Å². The summed E-state index contributed by atoms with van der Waals surface area (Å²) in [6.45, 7) is 0.613. The maximum Gasteiger partial charge on any atom is 0.354 e. The van der Waals surface area contributed by atoms with Crippen LogP contribution in [0.1, 0.15) is 5.56 Å². The number of fused-ring (bicyclic) bond motifs is 1. The van der Waals surface area contributed by atoms with Crippen LogP contribution in [0.15, 0.2) is 77.9 Å². The van der Waals surface area contributed by atoms with E-state index in [1.807, 2.05) is 66.5 Å². The third kappa shape index (κ3) is 3.41. The van der Waals surface area contributed by atoms with Gasteiger partial charge in [-0.25, -0.2) is 4.79 Å². The smallest absolute Gasteiger partial charge is 0.354 e. The van der Waals surface area contributed by atoms with Crippen molar-refractivity contribution in [3.63, 3.8) is 0 Å². The van der Waals surface area contributed by atoms with Crippen LogP contribution in [0, 0.1) is 0 Å². The van der Waals surface area contributed by atoms with E-state index < -0.39 is 0 Å². The molecule has 0 aliphatic carbocycles. The standard InChI is InChI=1S/C21H17ClN4O/c1-25(14-15-9-11-23-12-10-15)20-18-8-7-16(22)13-19(18)26(21(27)24-20)17-5-3-2-4-6-17/h2-13H,14H2,1H3. The molecule has 2 aromatic carbocycles. The minimum atomic E-state index is -0.340. The summed E-state index contributed by atoms with van der Waals surface area (Å²) in [5.74, 6) is 0.621. The number of para-hydroxylation sites is 1. The first kappa shape index (κ1) is 17.2. The summed E-state index contributed by atoms with van der Waals surface area (Å²) in [6, 6.07) is 18.9. The molecule has 134 valence electrons. The predicted octanol–water partition coefficient (Wildman–Crippen LogP) is 4.07. The molecule has 4 rings (SSSR count). The number of halogens is 1. The van der Waals surface area contributed by atoms with E-state index in [1.54, 1.807) is 23.0 Å². The molecule has 0 aliphatic rings. The number of pyridine rings is 1. The van der Waals surface area contributed by atoms with E-state index in [4.69, 9.17) is 11.6 Å². The maximum absolute atomic E-state index is 12.9. The van der Waals surface area contributed by atoms with Gasteiger partial charge in [-0.05, 0) is 48.0 Å². The van der Waals surface area contributed by atoms with Crippen LogP contribution >= 0.6 is 11.6 Å². The van der Waals surface area contributed by atoms with Gasteiger partial charge in [0.15, 0.2) is 0 Å². The van der Waals surface area contributed by atoms with E-state index in [-0.39, 0.29) is 5.69 Å². The van der Waals surface area contributed by atoms with Gasteiger partial charge < -0.3 is 4.90 Å². The summed E-state index contributed by atoms with van der Waals surface area (Å²) in [5, 5.41) is 1.43. The van der Waals surface area contributed by atoms with Crippen LogP contribution in [-0.4, -0.2) is 21.6 Å². The number of anilines is 1. The van der Waals surface area contributed by atoms with Crippen molar-refractivity contribution in [2.75, 3.05) is 11.9 Å². The zero-order valence-corrected chi connectivity index (χ0v) is 15.5. The first-order valence-corrected chi connectivity index (χ1v) is 8.89. The Balaban J connectivity index is 1.90. The molecule has 27 heavy (non-hydrogen) atoms. The van der Waals surface area contributed by atoms with E-state index in [0.717, 1.165) is 22.2 Å². The van der Waals surface area contributed by atoms with Crippen LogP contribution in [0.3, 0.4) is 0 Å². The zero-order chi connectivity index (χ0) is 18.8. The van der Waals surface area contributed by atoms with Crippen LogP contribution in [0.4, 0.5) is 5.82 Å². The Labute approximate surface area is 161 Å². The summed E-state index contributed by atoms with van der Waals surface area (Å²) < 4.78 is 1.59. The Morgan fingerprint density at radius 3 is 2.52 bits per heavy atom. The van der Waals surface area contributed by atoms with Gasteiger partial charge in [0, 0.05) is 36.4 Å². The monoisotopic (exact) mass is 376 g/mol. The summed E-state index contributed by atoms with van der Waals surface area (Å²) >= 11 is 6.24. The van der Waals surface area contributed by atoms with Gasteiger partial charge in [0.1, 0.15) is 5.82 Å². The van der Waals surface area contributed by atoms with Crippen molar-refractivity contribution < 1.29 is 0 Å². The topological polar surface area (TPSA) is 51.0 Å². The largest absolute Gasteiger partial charge is 0.355 e. The summed E-state index contributed by atoms with van der Waals surface area (Å²) in [7, 11) is 1.92. The normalized spacial score (nSPS) is 10.9. The lowest BCUT2D eigenvalue weighted by atomic mass is 10.2. The van der Waals surface area contributed by atoms with Gasteiger partial charge in [-0.2, -0.15) is 4.98 Å². The Morgan fingerprint density at radius 2 is 1.78 bits per heavy atom. The predicted molar refractivity (Wildman–Crippen MR) is 109 cm³/mol. The number of rotatable bonds is 4. The van der Waals surface area contributed by atoms with Gasteiger partial charge in [-0.3, -0.25) is 9.55 Å². The Morgan fingerprint density at radius 1 is 1.04 bits per heavy atom. The first-order valence-electron chi connectivity index (χ1n) is 8.51. The first-order chi connectivity index (χ1) is 13.1. The fourth-order valence-corrected chi connectivity index (χ4v) is 3.30. The van der Waals surface area contributed by atoms with E-state index in [9.17, 15) is 4.79 Å². The fourth-order valence-electron chi connectivity index (χ4n) is 3.14. The van der Waals surface area contributed by atoms with Crippen molar-refractivity contribution in [2.24, 2.45) is 0 Å². The highest BCUT2D eigenvalue weighted by Crippen LogP contribution is 2.27. The van der Waals surface area contributed by atoms with Crippen molar-refractivity contribution in [1.29, 1.82) is 0 Å². The minimum absolute atomic E-state index is 0.340. The van der Waals surface area contributed by atoms with Crippen molar-refractivity contribution in [1.82, 2.24) is 14.5 Å². The van der Waals surface area contributed by atoms with E-state index in [2.05, 4.69) is 9.97 Å². The molecule has 0 unspecified atom stereocenters. The molecule has 2 aromatic heterocycles. The highest BCUT2D eigenvalue weighted by atomic mass is 35.5. The lowest BCUT2D eigenvalue weighted by molar-refractivity contribution is 0.870. The van der Waals surface area contributed by atoms with E-state index in [1.165, 1.54) is 0 Å². The van der Waals surface area contributed by atoms with Crippen molar-refractivity contribution in [3.8, 4) is 5.69 Å². The quantitative estimate of drug-likeness (QED) is 0.538. The molecule has 0 fully saturated rings. The molecule has 0 atom stereocenters. The molecular weight excluding hydrogens is 360 g/mol.